The minimum Gasteiger partial charge on any atom is -0.469 e. The van der Waals surface area contributed by atoms with Crippen LogP contribution in [-0.4, -0.2) is 0 Å². The number of furan rings is 1. The maximum atomic E-state index is 15.3. The summed E-state index contributed by atoms with van der Waals surface area (Å²) in [7, 11) is 0. The Morgan fingerprint density at radius 1 is 0.310 bits per heavy atom. The molecule has 3 heterocycles. The van der Waals surface area contributed by atoms with E-state index in [2.05, 4.69) is 369 Å². The zero-order valence-electron chi connectivity index (χ0n) is 95.7. The van der Waals surface area contributed by atoms with Crippen LogP contribution in [-0.2, 0) is 74.4 Å². The van der Waals surface area contributed by atoms with Gasteiger partial charge in [-0.3, -0.25) is 0 Å². The Kier molecular flexibility index (Phi) is 50.3. The third-order valence-electron chi connectivity index (χ3n) is 25.0. The van der Waals surface area contributed by atoms with Gasteiger partial charge in [-0.1, -0.05) is 490 Å². The minimum absolute atomic E-state index is 0.0407. The van der Waals surface area contributed by atoms with Crippen LogP contribution >= 0.6 is 61.8 Å². The van der Waals surface area contributed by atoms with Crippen molar-refractivity contribution in [3.63, 3.8) is 0 Å². The first-order valence-corrected chi connectivity index (χ1v) is 54.8. The Balaban J connectivity index is 0.000000339. The molecule has 14 rings (SSSR count). The molecule has 0 aliphatic rings. The van der Waals surface area contributed by atoms with Gasteiger partial charge in [0.1, 0.15) is 11.6 Å². The highest BCUT2D eigenvalue weighted by atomic mass is 79.9. The van der Waals surface area contributed by atoms with Crippen LogP contribution in [0.25, 0.3) is 10.4 Å². The van der Waals surface area contributed by atoms with Crippen LogP contribution in [0.5, 0.6) is 0 Å². The molecular weight excluding hydrogens is 1940 g/mol. The number of hydrogen-bond donors (Lipinski definition) is 0. The molecule has 3 aromatic heterocycles. The summed E-state index contributed by atoms with van der Waals surface area (Å²) in [6.07, 6.45) is 4.60. The van der Waals surface area contributed by atoms with Crippen molar-refractivity contribution in [3.8, 4) is 10.4 Å². The van der Waals surface area contributed by atoms with Gasteiger partial charge in [0.2, 0.25) is 0 Å². The molecule has 0 bridgehead atoms. The first kappa shape index (κ1) is 128. The third kappa shape index (κ3) is 43.5. The highest BCUT2D eigenvalue weighted by Gasteiger charge is 2.39. The molecule has 0 aliphatic heterocycles. The molecule has 11 heteroatoms. The topological polar surface area (TPSA) is 13.1 Å². The van der Waals surface area contributed by atoms with Crippen molar-refractivity contribution in [2.75, 3.05) is 0 Å². The van der Waals surface area contributed by atoms with Crippen LogP contribution in [0, 0.1) is 54.3 Å². The molecular formula is C134H176BrCl2F5OS2. The van der Waals surface area contributed by atoms with Gasteiger partial charge in [0, 0.05) is 41.9 Å². The Morgan fingerprint density at radius 3 is 1.06 bits per heavy atom. The Bertz CT molecular complexity index is 5890. The second kappa shape index (κ2) is 57.0. The Morgan fingerprint density at radius 2 is 0.690 bits per heavy atom. The average molecular weight is 2110 g/mol. The van der Waals surface area contributed by atoms with Crippen molar-refractivity contribution < 1.29 is 26.4 Å². The van der Waals surface area contributed by atoms with E-state index < -0.39 is 11.8 Å². The summed E-state index contributed by atoms with van der Waals surface area (Å²) in [4.78, 5) is 2.43. The number of alkyl halides is 4. The summed E-state index contributed by atoms with van der Waals surface area (Å²) in [6.45, 7) is 85.7. The molecule has 145 heavy (non-hydrogen) atoms. The molecule has 0 atom stereocenters. The number of thiophene rings is 2. The molecule has 0 saturated carbocycles. The first-order chi connectivity index (χ1) is 66.9. The number of benzene rings is 11. The van der Waals surface area contributed by atoms with Gasteiger partial charge in [-0.05, 0) is 290 Å². The molecule has 0 spiro atoms. The fourth-order valence-corrected chi connectivity index (χ4v) is 17.4. The predicted molar refractivity (Wildman–Crippen MR) is 634 cm³/mol. The SMILES string of the molecule is CC(C)(C)c1cccc(Br)c1.CC(C)c1ccco1.CC(C)c1cccs1.CCc1cc(C(C)(C)C)ccc1C.CCc1cc(C(C)(C)C)ccc1Cl.CCc1cc(C(C)(C)C)ccc1F.Cc1ccc(-c2ccc(C(F)(F)c3cc(C(C)(C)C)ccc3C)s2)cc1.Cc1ccc(C(C)(C)C)cc1.Cc1ccc(C(C)(C)C)cc1.Cc1ccc(C(F)(F)c2cc(C(C)(C)C)ccc2Cl)cc1.Cc1ccccc1C(C)C. The van der Waals surface area contributed by atoms with Gasteiger partial charge < -0.3 is 4.42 Å². The van der Waals surface area contributed by atoms with Gasteiger partial charge in [0.25, 0.3) is 5.92 Å². The van der Waals surface area contributed by atoms with Crippen molar-refractivity contribution in [2.24, 2.45) is 0 Å². The average Bonchev–Trinajstić information content (AvgIpc) is 1.76. The van der Waals surface area contributed by atoms with Gasteiger partial charge in [-0.2, -0.15) is 17.6 Å². The van der Waals surface area contributed by atoms with Gasteiger partial charge in [-0.15, -0.1) is 22.7 Å². The van der Waals surface area contributed by atoms with Crippen molar-refractivity contribution >= 4 is 61.8 Å². The van der Waals surface area contributed by atoms with E-state index in [1.165, 1.54) is 107 Å². The summed E-state index contributed by atoms with van der Waals surface area (Å²) in [5, 5.41) is 3.10. The highest BCUT2D eigenvalue weighted by Crippen LogP contribution is 2.46. The molecule has 0 unspecified atom stereocenters. The van der Waals surface area contributed by atoms with Crippen LogP contribution in [0.2, 0.25) is 10.0 Å². The minimum atomic E-state index is -3.11. The zero-order chi connectivity index (χ0) is 110. The fraction of sp³-hybridized carbons (Fsp3) is 0.418. The lowest BCUT2D eigenvalue weighted by atomic mass is 9.84. The van der Waals surface area contributed by atoms with E-state index in [9.17, 15) is 13.2 Å². The maximum absolute atomic E-state index is 15.3. The van der Waals surface area contributed by atoms with Crippen LogP contribution in [0.4, 0.5) is 22.0 Å². The van der Waals surface area contributed by atoms with Gasteiger partial charge in [0.15, 0.2) is 0 Å². The van der Waals surface area contributed by atoms with Crippen molar-refractivity contribution in [2.45, 2.75) is 369 Å². The van der Waals surface area contributed by atoms with Crippen LogP contribution in [0.1, 0.15) is 384 Å². The van der Waals surface area contributed by atoms with E-state index in [1.807, 2.05) is 134 Å². The quantitative estimate of drug-likeness (QED) is 0.118. The molecule has 0 saturated heterocycles. The predicted octanol–water partition coefficient (Wildman–Crippen LogP) is 44.0. The van der Waals surface area contributed by atoms with E-state index in [0.717, 1.165) is 72.8 Å². The van der Waals surface area contributed by atoms with E-state index in [4.69, 9.17) is 27.6 Å². The van der Waals surface area contributed by atoms with Crippen LogP contribution in [0.15, 0.2) is 294 Å². The largest absolute Gasteiger partial charge is 0.469 e. The molecule has 11 aromatic carbocycles. The Labute approximate surface area is 903 Å². The summed E-state index contributed by atoms with van der Waals surface area (Å²) < 4.78 is 79.6. The Hall–Kier alpha value is -9.19. The van der Waals surface area contributed by atoms with Crippen molar-refractivity contribution in [3.05, 3.63) is 443 Å². The van der Waals surface area contributed by atoms with Crippen molar-refractivity contribution in [1.82, 2.24) is 0 Å². The summed E-state index contributed by atoms with van der Waals surface area (Å²) >= 11 is 18.5. The monoisotopic (exact) mass is 2110 g/mol. The third-order valence-corrected chi connectivity index (χ3v) is 28.6. The van der Waals surface area contributed by atoms with E-state index >= 15 is 8.78 Å². The lowest BCUT2D eigenvalue weighted by Gasteiger charge is -2.24. The lowest BCUT2D eigenvalue weighted by molar-refractivity contribution is 0.0427. The van der Waals surface area contributed by atoms with Gasteiger partial charge >= 0.3 is 5.92 Å². The molecule has 0 fully saturated rings. The molecule has 0 amide bonds. The van der Waals surface area contributed by atoms with Crippen LogP contribution in [0.3, 0.4) is 0 Å². The molecule has 0 aliphatic carbocycles. The number of aryl methyl sites for hydroxylation is 10. The molecule has 14 aromatic rings. The van der Waals surface area contributed by atoms with E-state index in [1.54, 1.807) is 67.8 Å². The fourth-order valence-electron chi connectivity index (χ4n) is 14.8. The first-order valence-electron chi connectivity index (χ1n) is 51.5. The number of rotatable bonds is 11. The second-order valence-electron chi connectivity index (χ2n) is 47.2. The smallest absolute Gasteiger partial charge is 0.307 e. The highest BCUT2D eigenvalue weighted by molar-refractivity contribution is 9.10. The number of halogens is 8. The summed E-state index contributed by atoms with van der Waals surface area (Å²) in [5.41, 5.74) is 25.1. The molecule has 0 N–H and O–H groups in total. The van der Waals surface area contributed by atoms with E-state index in [0.29, 0.717) is 23.3 Å². The number of hydrogen-bond acceptors (Lipinski definition) is 3. The summed E-state index contributed by atoms with van der Waals surface area (Å²) in [5.74, 6) is -3.26. The summed E-state index contributed by atoms with van der Waals surface area (Å²) in [6, 6.07) is 89.1. The normalized spacial score (nSPS) is 11.7. The maximum Gasteiger partial charge on any atom is 0.307 e. The van der Waals surface area contributed by atoms with Crippen LogP contribution < -0.4 is 0 Å². The standard InChI is InChI=1S/C23H24F2S.C18H19ClF2.C13H20.C12H17Cl.C12H17F.2C11H16.C10H13Br.C10H14.C7H10O.C7H10S/c1-15-6-9-17(10-7-15)20-12-13-21(26-20)23(24,25)19-14-18(22(3,4)5)11-8-16(19)2;1-12-5-7-13(8-6-12)18(20,21)15-11-14(17(2,3)4)9-10-16(15)19;1-6-11-9-12(13(3,4)5)8-7-10(11)2;2*1-5-9-8-10(12(2,3)4)6-7-11(9)13;2*1-9-5-7-10(8-6-9)11(2,3)4;1-10(2,3)8-5-4-6-9(11)7-8;1-8(2)10-7-5-4-6-9(10)3;2*1-6(2)7-4-3-5-8-7/h6-14H,1-5H3;5-11H,1-4H3;7-9H,6H2,1-5H3;2*6-8H,5H2,1-4H3;2*5-8H,1-4H3;4-7H,1-3H3;4-8H,1-3H3;2*3-6H,1-2H3. The van der Waals surface area contributed by atoms with Gasteiger partial charge in [0.05, 0.1) is 16.2 Å². The van der Waals surface area contributed by atoms with Crippen molar-refractivity contribution in [1.29, 1.82) is 0 Å². The molecule has 0 radical (unpaired) electrons. The van der Waals surface area contributed by atoms with Gasteiger partial charge in [-0.25, -0.2) is 4.39 Å². The second-order valence-corrected chi connectivity index (χ2v) is 51.0. The van der Waals surface area contributed by atoms with E-state index in [-0.39, 0.29) is 75.7 Å². The molecule has 786 valence electrons. The lowest BCUT2D eigenvalue weighted by Crippen LogP contribution is -2.18. The zero-order valence-corrected chi connectivity index (χ0v) is 100. The molecule has 1 nitrogen and oxygen atoms in total.